The van der Waals surface area contributed by atoms with Gasteiger partial charge in [-0.3, -0.25) is 4.79 Å². The van der Waals surface area contributed by atoms with Crippen LogP contribution in [0.4, 0.5) is 18.9 Å². The lowest BCUT2D eigenvalue weighted by atomic mass is 10.2. The minimum absolute atomic E-state index is 0.0310. The van der Waals surface area contributed by atoms with E-state index in [4.69, 9.17) is 11.6 Å². The Kier molecular flexibility index (Phi) is 6.10. The number of amides is 1. The number of aryl methyl sites for hydroxylation is 1. The molecule has 0 spiro atoms. The fourth-order valence-electron chi connectivity index (χ4n) is 2.48. The van der Waals surface area contributed by atoms with Gasteiger partial charge in [0.25, 0.3) is 0 Å². The number of aromatic nitrogens is 2. The minimum atomic E-state index is -4.52. The van der Waals surface area contributed by atoms with E-state index in [1.165, 1.54) is 11.8 Å². The third-order valence-corrected chi connectivity index (χ3v) is 5.16. The number of hydrogen-bond acceptors (Lipinski definition) is 4. The van der Waals surface area contributed by atoms with Crippen molar-refractivity contribution in [3.8, 4) is 0 Å². The molecule has 2 aromatic carbocycles. The molecule has 1 aromatic heterocycles. The molecule has 1 N–H and O–H groups in total. The minimum Gasteiger partial charge on any atom is -0.324 e. The lowest BCUT2D eigenvalue weighted by Gasteiger charge is -2.12. The number of hydrogen-bond donors (Lipinski definition) is 1. The maximum atomic E-state index is 12.9. The van der Waals surface area contributed by atoms with Gasteiger partial charge in [-0.05, 0) is 24.3 Å². The third kappa shape index (κ3) is 4.74. The monoisotopic (exact) mass is 425 g/mol. The van der Waals surface area contributed by atoms with E-state index in [0.717, 1.165) is 29.1 Å². The molecule has 9 heteroatoms. The summed E-state index contributed by atoms with van der Waals surface area (Å²) in [5.41, 5.74) is -0.184. The number of nitrogens with one attached hydrogen (secondary N) is 1. The van der Waals surface area contributed by atoms with E-state index in [9.17, 15) is 18.0 Å². The number of carbonyl (C=O) groups is 1. The van der Waals surface area contributed by atoms with Crippen LogP contribution in [0.3, 0.4) is 0 Å². The molecule has 0 saturated heterocycles. The number of anilines is 1. The summed E-state index contributed by atoms with van der Waals surface area (Å²) in [6.45, 7) is 1.93. The van der Waals surface area contributed by atoms with Crippen molar-refractivity contribution in [2.75, 3.05) is 11.1 Å². The maximum absolute atomic E-state index is 12.9. The van der Waals surface area contributed by atoms with Crippen molar-refractivity contribution < 1.29 is 18.0 Å². The highest BCUT2D eigenvalue weighted by Crippen LogP contribution is 2.34. The molecule has 0 aliphatic heterocycles. The number of fused-ring (bicyclic) bond motifs is 1. The highest BCUT2D eigenvalue weighted by Gasteiger charge is 2.31. The first-order valence-corrected chi connectivity index (χ1v) is 9.69. The summed E-state index contributed by atoms with van der Waals surface area (Å²) >= 11 is 7.11. The number of nitrogens with zero attached hydrogens (tertiary/aromatic N) is 2. The van der Waals surface area contributed by atoms with Crippen molar-refractivity contribution in [2.45, 2.75) is 24.5 Å². The lowest BCUT2D eigenvalue weighted by Crippen LogP contribution is -2.15. The number of halogens is 4. The van der Waals surface area contributed by atoms with Crippen LogP contribution < -0.4 is 5.32 Å². The summed E-state index contributed by atoms with van der Waals surface area (Å²) in [6, 6.07) is 10.2. The number of carbonyl (C=O) groups excluding carboxylic acids is 1. The SMILES string of the molecule is CCc1nc(SCC(=O)Nc2cc(C(F)(F)F)ccc2Cl)c2ccccc2n1. The highest BCUT2D eigenvalue weighted by molar-refractivity contribution is 8.00. The Hall–Kier alpha value is -2.32. The molecule has 0 fully saturated rings. The number of thioether (sulfide) groups is 1. The predicted octanol–water partition coefficient (Wildman–Crippen LogP) is 5.60. The molecular weight excluding hydrogens is 411 g/mol. The maximum Gasteiger partial charge on any atom is 0.416 e. The summed E-state index contributed by atoms with van der Waals surface area (Å²) in [7, 11) is 0. The molecule has 1 heterocycles. The summed E-state index contributed by atoms with van der Waals surface area (Å²) in [5.74, 6) is 0.144. The molecule has 0 unspecified atom stereocenters. The fourth-order valence-corrected chi connectivity index (χ4v) is 3.48. The number of para-hydroxylation sites is 1. The zero-order valence-electron chi connectivity index (χ0n) is 14.7. The standard InChI is InChI=1S/C19H15ClF3N3OS/c1-2-16-24-14-6-4-3-5-12(14)18(26-16)28-10-17(27)25-15-9-11(19(21,22)23)7-8-13(15)20/h3-9H,2,10H2,1H3,(H,25,27). The molecule has 146 valence electrons. The van der Waals surface area contributed by atoms with E-state index >= 15 is 0 Å². The summed E-state index contributed by atoms with van der Waals surface area (Å²) in [5, 5.41) is 3.93. The van der Waals surface area contributed by atoms with Crippen molar-refractivity contribution in [2.24, 2.45) is 0 Å². The van der Waals surface area contributed by atoms with Crippen molar-refractivity contribution in [3.63, 3.8) is 0 Å². The summed E-state index contributed by atoms with van der Waals surface area (Å²) < 4.78 is 38.6. The van der Waals surface area contributed by atoms with Gasteiger partial charge in [-0.1, -0.05) is 48.5 Å². The van der Waals surface area contributed by atoms with Gasteiger partial charge in [-0.15, -0.1) is 0 Å². The van der Waals surface area contributed by atoms with Crippen LogP contribution >= 0.6 is 23.4 Å². The van der Waals surface area contributed by atoms with Crippen molar-refractivity contribution in [3.05, 3.63) is 58.9 Å². The molecule has 0 radical (unpaired) electrons. The molecule has 3 rings (SSSR count). The molecule has 28 heavy (non-hydrogen) atoms. The van der Waals surface area contributed by atoms with Crippen LogP contribution in [0.1, 0.15) is 18.3 Å². The lowest BCUT2D eigenvalue weighted by molar-refractivity contribution is -0.137. The number of benzene rings is 2. The fraction of sp³-hybridized carbons (Fsp3) is 0.211. The van der Waals surface area contributed by atoms with Gasteiger partial charge in [0, 0.05) is 11.8 Å². The van der Waals surface area contributed by atoms with Gasteiger partial charge in [0.15, 0.2) is 0 Å². The van der Waals surface area contributed by atoms with Crippen molar-refractivity contribution in [1.29, 1.82) is 0 Å². The van der Waals surface area contributed by atoms with E-state index in [0.29, 0.717) is 17.3 Å². The van der Waals surface area contributed by atoms with E-state index in [1.807, 2.05) is 31.2 Å². The Morgan fingerprint density at radius 1 is 1.18 bits per heavy atom. The van der Waals surface area contributed by atoms with Gasteiger partial charge in [0.05, 0.1) is 27.5 Å². The first kappa shape index (κ1) is 20.4. The predicted molar refractivity (Wildman–Crippen MR) is 105 cm³/mol. The second kappa shape index (κ2) is 8.36. The summed E-state index contributed by atoms with van der Waals surface area (Å²) in [4.78, 5) is 21.2. The Bertz CT molecular complexity index is 1030. The van der Waals surface area contributed by atoms with Crippen molar-refractivity contribution in [1.82, 2.24) is 9.97 Å². The smallest absolute Gasteiger partial charge is 0.324 e. The van der Waals surface area contributed by atoms with E-state index in [1.54, 1.807) is 0 Å². The van der Waals surface area contributed by atoms with E-state index in [2.05, 4.69) is 15.3 Å². The Labute approximate surface area is 168 Å². The Morgan fingerprint density at radius 3 is 2.64 bits per heavy atom. The topological polar surface area (TPSA) is 54.9 Å². The van der Waals surface area contributed by atoms with E-state index in [-0.39, 0.29) is 16.5 Å². The van der Waals surface area contributed by atoms with Gasteiger partial charge >= 0.3 is 6.18 Å². The normalized spacial score (nSPS) is 11.6. The molecule has 4 nitrogen and oxygen atoms in total. The van der Waals surface area contributed by atoms with Crippen LogP contribution in [-0.2, 0) is 17.4 Å². The number of alkyl halides is 3. The van der Waals surface area contributed by atoms with Crippen LogP contribution in [0.5, 0.6) is 0 Å². The van der Waals surface area contributed by atoms with Crippen LogP contribution in [0, 0.1) is 0 Å². The second-order valence-electron chi connectivity index (χ2n) is 5.84. The van der Waals surface area contributed by atoms with Crippen LogP contribution in [0.2, 0.25) is 5.02 Å². The molecule has 0 aliphatic carbocycles. The average Bonchev–Trinajstić information content (AvgIpc) is 2.66. The van der Waals surface area contributed by atoms with Crippen LogP contribution in [-0.4, -0.2) is 21.6 Å². The zero-order chi connectivity index (χ0) is 20.3. The highest BCUT2D eigenvalue weighted by atomic mass is 35.5. The number of rotatable bonds is 5. The van der Waals surface area contributed by atoms with Crippen LogP contribution in [0.25, 0.3) is 10.9 Å². The van der Waals surface area contributed by atoms with Crippen LogP contribution in [0.15, 0.2) is 47.5 Å². The largest absolute Gasteiger partial charge is 0.416 e. The van der Waals surface area contributed by atoms with E-state index < -0.39 is 17.6 Å². The quantitative estimate of drug-likeness (QED) is 0.427. The molecule has 0 saturated carbocycles. The van der Waals surface area contributed by atoms with Gasteiger partial charge < -0.3 is 5.32 Å². The van der Waals surface area contributed by atoms with Gasteiger partial charge in [0.1, 0.15) is 10.9 Å². The van der Waals surface area contributed by atoms with Gasteiger partial charge in [-0.25, -0.2) is 9.97 Å². The molecule has 0 aliphatic rings. The molecule has 1 amide bonds. The first-order chi connectivity index (χ1) is 13.3. The molecule has 0 bridgehead atoms. The molecule has 3 aromatic rings. The average molecular weight is 426 g/mol. The zero-order valence-corrected chi connectivity index (χ0v) is 16.3. The van der Waals surface area contributed by atoms with Gasteiger partial charge in [0.2, 0.25) is 5.91 Å². The second-order valence-corrected chi connectivity index (χ2v) is 7.22. The Morgan fingerprint density at radius 2 is 1.93 bits per heavy atom. The molecular formula is C19H15ClF3N3OS. The first-order valence-electron chi connectivity index (χ1n) is 8.33. The summed E-state index contributed by atoms with van der Waals surface area (Å²) in [6.07, 6.45) is -3.88. The van der Waals surface area contributed by atoms with Crippen molar-refractivity contribution >= 4 is 45.9 Å². The van der Waals surface area contributed by atoms with Gasteiger partial charge in [-0.2, -0.15) is 13.2 Å². The third-order valence-electron chi connectivity index (χ3n) is 3.84. The Balaban J connectivity index is 1.76. The molecule has 0 atom stereocenters.